The van der Waals surface area contributed by atoms with Gasteiger partial charge in [-0.1, -0.05) is 0 Å². The Balaban J connectivity index is 1.60. The molecular formula is C17H26N4O4. The van der Waals surface area contributed by atoms with Crippen LogP contribution in [0.3, 0.4) is 0 Å². The monoisotopic (exact) mass is 350 g/mol. The predicted octanol–water partition coefficient (Wildman–Crippen LogP) is -0.360. The van der Waals surface area contributed by atoms with Crippen molar-refractivity contribution in [1.29, 1.82) is 0 Å². The highest BCUT2D eigenvalue weighted by molar-refractivity contribution is 5.76. The second-order valence-electron chi connectivity index (χ2n) is 6.72. The first-order valence-electron chi connectivity index (χ1n) is 9.03. The van der Waals surface area contributed by atoms with Crippen LogP contribution in [-0.4, -0.2) is 70.7 Å². The van der Waals surface area contributed by atoms with Crippen molar-refractivity contribution in [3.8, 4) is 0 Å². The number of carbonyl (C=O) groups excluding carboxylic acids is 1. The van der Waals surface area contributed by atoms with Gasteiger partial charge >= 0.3 is 5.69 Å². The van der Waals surface area contributed by atoms with Gasteiger partial charge in [-0.2, -0.15) is 0 Å². The number of carbonyl (C=O) groups is 1. The topological polar surface area (TPSA) is 87.6 Å². The maximum absolute atomic E-state index is 12.7. The Kier molecular flexibility index (Phi) is 6.04. The molecular weight excluding hydrogens is 324 g/mol. The number of aromatic nitrogens is 2. The molecule has 3 rings (SSSR count). The van der Waals surface area contributed by atoms with Gasteiger partial charge in [0.25, 0.3) is 5.56 Å². The van der Waals surface area contributed by atoms with E-state index in [9.17, 15) is 14.4 Å². The van der Waals surface area contributed by atoms with E-state index in [2.05, 4.69) is 9.88 Å². The van der Waals surface area contributed by atoms with Crippen LogP contribution in [0, 0.1) is 0 Å². The van der Waals surface area contributed by atoms with Crippen molar-refractivity contribution in [2.45, 2.75) is 38.3 Å². The quantitative estimate of drug-likeness (QED) is 0.784. The molecule has 1 amide bonds. The molecule has 8 heteroatoms. The van der Waals surface area contributed by atoms with Gasteiger partial charge in [-0.3, -0.25) is 24.0 Å². The minimum atomic E-state index is -0.539. The van der Waals surface area contributed by atoms with Crippen LogP contribution >= 0.6 is 0 Å². The second kappa shape index (κ2) is 8.44. The summed E-state index contributed by atoms with van der Waals surface area (Å²) in [5.41, 5.74) is -0.988. The van der Waals surface area contributed by atoms with E-state index in [1.54, 1.807) is 0 Å². The minimum absolute atomic E-state index is 0.0241. The first kappa shape index (κ1) is 17.9. The number of amides is 1. The van der Waals surface area contributed by atoms with Gasteiger partial charge in [0.15, 0.2) is 0 Å². The Morgan fingerprint density at radius 2 is 2.00 bits per heavy atom. The third-order valence-electron chi connectivity index (χ3n) is 5.03. The molecule has 138 valence electrons. The van der Waals surface area contributed by atoms with Gasteiger partial charge in [-0.05, 0) is 25.7 Å². The van der Waals surface area contributed by atoms with Crippen molar-refractivity contribution in [2.75, 3.05) is 39.4 Å². The van der Waals surface area contributed by atoms with Crippen molar-refractivity contribution in [3.63, 3.8) is 0 Å². The highest BCUT2D eigenvalue weighted by Gasteiger charge is 2.27. The fourth-order valence-electron chi connectivity index (χ4n) is 3.59. The molecule has 1 atom stereocenters. The van der Waals surface area contributed by atoms with E-state index >= 15 is 0 Å². The van der Waals surface area contributed by atoms with Crippen LogP contribution in [-0.2, 0) is 16.1 Å². The summed E-state index contributed by atoms with van der Waals surface area (Å²) in [6.45, 7) is 5.15. The minimum Gasteiger partial charge on any atom is -0.379 e. The van der Waals surface area contributed by atoms with Crippen molar-refractivity contribution in [3.05, 3.63) is 33.1 Å². The first-order chi connectivity index (χ1) is 12.1. The standard InChI is InChI=1S/C17H26N4O4/c22-15-5-8-20(17(24)18-15)13-16(23)21-6-2-1-3-14(21)4-7-19-9-11-25-12-10-19/h5,8,14H,1-4,6-7,9-13H2,(H,18,22,24)/t14-/m1/s1. The molecule has 25 heavy (non-hydrogen) atoms. The first-order valence-corrected chi connectivity index (χ1v) is 9.03. The normalized spacial score (nSPS) is 22.1. The maximum atomic E-state index is 12.7. The number of morpholine rings is 1. The lowest BCUT2D eigenvalue weighted by molar-refractivity contribution is -0.135. The van der Waals surface area contributed by atoms with Crippen molar-refractivity contribution < 1.29 is 9.53 Å². The smallest absolute Gasteiger partial charge is 0.328 e. The number of likely N-dealkylation sites (tertiary alicyclic amines) is 1. The highest BCUT2D eigenvalue weighted by atomic mass is 16.5. The van der Waals surface area contributed by atoms with Gasteiger partial charge in [0.1, 0.15) is 6.54 Å². The summed E-state index contributed by atoms with van der Waals surface area (Å²) in [6, 6.07) is 1.49. The molecule has 1 aromatic rings. The van der Waals surface area contributed by atoms with Gasteiger partial charge < -0.3 is 9.64 Å². The van der Waals surface area contributed by atoms with Gasteiger partial charge in [-0.25, -0.2) is 4.79 Å². The molecule has 2 fully saturated rings. The number of piperidine rings is 1. The van der Waals surface area contributed by atoms with Crippen LogP contribution in [0.15, 0.2) is 21.9 Å². The highest BCUT2D eigenvalue weighted by Crippen LogP contribution is 2.20. The van der Waals surface area contributed by atoms with Crippen LogP contribution in [0.5, 0.6) is 0 Å². The molecule has 1 N–H and O–H groups in total. The zero-order valence-corrected chi connectivity index (χ0v) is 14.5. The molecule has 8 nitrogen and oxygen atoms in total. The lowest BCUT2D eigenvalue weighted by Gasteiger charge is -2.37. The third kappa shape index (κ3) is 4.79. The number of hydrogen-bond donors (Lipinski definition) is 1. The zero-order valence-electron chi connectivity index (χ0n) is 14.5. The lowest BCUT2D eigenvalue weighted by atomic mass is 9.99. The Morgan fingerprint density at radius 3 is 2.76 bits per heavy atom. The summed E-state index contributed by atoms with van der Waals surface area (Å²) in [6.07, 6.45) is 5.48. The summed E-state index contributed by atoms with van der Waals surface area (Å²) in [7, 11) is 0. The summed E-state index contributed by atoms with van der Waals surface area (Å²) in [5.74, 6) is -0.0548. The number of aromatic amines is 1. The number of nitrogens with zero attached hydrogens (tertiary/aromatic N) is 3. The molecule has 0 unspecified atom stereocenters. The lowest BCUT2D eigenvalue weighted by Crippen LogP contribution is -2.48. The third-order valence-corrected chi connectivity index (χ3v) is 5.03. The molecule has 2 aliphatic heterocycles. The molecule has 1 aromatic heterocycles. The van der Waals surface area contributed by atoms with E-state index in [1.165, 1.54) is 16.8 Å². The predicted molar refractivity (Wildman–Crippen MR) is 92.6 cm³/mol. The Morgan fingerprint density at radius 1 is 1.20 bits per heavy atom. The fourth-order valence-corrected chi connectivity index (χ4v) is 3.59. The van der Waals surface area contributed by atoms with Crippen LogP contribution in [0.4, 0.5) is 0 Å². The SMILES string of the molecule is O=C(Cn1ccc(=O)[nH]c1=O)N1CCCC[C@@H]1CCN1CCOCC1. The average Bonchev–Trinajstić information content (AvgIpc) is 2.63. The van der Waals surface area contributed by atoms with Crippen molar-refractivity contribution >= 4 is 5.91 Å². The number of nitrogens with one attached hydrogen (secondary N) is 1. The summed E-state index contributed by atoms with van der Waals surface area (Å²) >= 11 is 0. The van der Waals surface area contributed by atoms with E-state index < -0.39 is 11.2 Å². The van der Waals surface area contributed by atoms with E-state index in [1.807, 2.05) is 4.90 Å². The Hall–Kier alpha value is -1.93. The molecule has 0 bridgehead atoms. The van der Waals surface area contributed by atoms with E-state index in [4.69, 9.17) is 4.74 Å². The summed E-state index contributed by atoms with van der Waals surface area (Å²) in [4.78, 5) is 42.1. The maximum Gasteiger partial charge on any atom is 0.328 e. The number of hydrogen-bond acceptors (Lipinski definition) is 5. The molecule has 0 aliphatic carbocycles. The molecule has 0 spiro atoms. The Labute approximate surface area is 146 Å². The van der Waals surface area contributed by atoms with Crippen LogP contribution in [0.2, 0.25) is 0 Å². The number of ether oxygens (including phenoxy) is 1. The van der Waals surface area contributed by atoms with Crippen LogP contribution < -0.4 is 11.2 Å². The van der Waals surface area contributed by atoms with Gasteiger partial charge in [0.2, 0.25) is 5.91 Å². The van der Waals surface area contributed by atoms with Crippen molar-refractivity contribution in [1.82, 2.24) is 19.4 Å². The second-order valence-corrected chi connectivity index (χ2v) is 6.72. The zero-order chi connectivity index (χ0) is 17.6. The molecule has 2 saturated heterocycles. The molecule has 0 radical (unpaired) electrons. The van der Waals surface area contributed by atoms with Gasteiger partial charge in [0, 0.05) is 44.5 Å². The van der Waals surface area contributed by atoms with Gasteiger partial charge in [0.05, 0.1) is 13.2 Å². The van der Waals surface area contributed by atoms with E-state index in [0.717, 1.165) is 65.1 Å². The summed E-state index contributed by atoms with van der Waals surface area (Å²) < 4.78 is 6.63. The molecule has 0 aromatic carbocycles. The summed E-state index contributed by atoms with van der Waals surface area (Å²) in [5, 5.41) is 0. The van der Waals surface area contributed by atoms with Gasteiger partial charge in [-0.15, -0.1) is 0 Å². The Bertz CT molecular complexity index is 692. The largest absolute Gasteiger partial charge is 0.379 e. The van der Waals surface area contributed by atoms with E-state index in [-0.39, 0.29) is 18.5 Å². The molecule has 0 saturated carbocycles. The number of rotatable bonds is 5. The van der Waals surface area contributed by atoms with Crippen LogP contribution in [0.25, 0.3) is 0 Å². The fraction of sp³-hybridized carbons (Fsp3) is 0.706. The number of H-pyrrole nitrogens is 1. The van der Waals surface area contributed by atoms with Crippen molar-refractivity contribution in [2.24, 2.45) is 0 Å². The molecule has 3 heterocycles. The average molecular weight is 350 g/mol. The van der Waals surface area contributed by atoms with Crippen LogP contribution in [0.1, 0.15) is 25.7 Å². The molecule has 2 aliphatic rings. The van der Waals surface area contributed by atoms with E-state index in [0.29, 0.717) is 0 Å².